The van der Waals surface area contributed by atoms with Gasteiger partial charge < -0.3 is 10.2 Å². The van der Waals surface area contributed by atoms with Gasteiger partial charge in [-0.1, -0.05) is 25.1 Å². The zero-order valence-electron chi connectivity index (χ0n) is 10.0. The van der Waals surface area contributed by atoms with Crippen LogP contribution in [0.5, 0.6) is 0 Å². The molecule has 0 radical (unpaired) electrons. The lowest BCUT2D eigenvalue weighted by molar-refractivity contribution is 0.454. The quantitative estimate of drug-likeness (QED) is 0.899. The normalized spacial score (nSPS) is 12.6. The number of rotatable bonds is 4. The third kappa shape index (κ3) is 2.90. The summed E-state index contributed by atoms with van der Waals surface area (Å²) in [6.45, 7) is 4.00. The highest BCUT2D eigenvalue weighted by molar-refractivity contribution is 7.99. The number of aromatic nitrogens is 1. The highest BCUT2D eigenvalue weighted by atomic mass is 32.2. The molecule has 2 aromatic rings. The van der Waals surface area contributed by atoms with E-state index in [9.17, 15) is 0 Å². The molecule has 0 unspecified atom stereocenters. The van der Waals surface area contributed by atoms with Gasteiger partial charge in [-0.2, -0.15) is 0 Å². The fraction of sp³-hybridized carbons (Fsp3) is 0.308. The molecule has 0 bridgehead atoms. The Hall–Kier alpha value is -1.26. The standard InChI is InChI=1S/C13H16N2OS/c1-3-11(14)10-6-4-5-7-12(10)17-13-15-9(2)8-16-13/h4-8,11H,3,14H2,1-2H3/t11-/m0/s1. The van der Waals surface area contributed by atoms with Crippen LogP contribution >= 0.6 is 11.8 Å². The Morgan fingerprint density at radius 3 is 2.82 bits per heavy atom. The lowest BCUT2D eigenvalue weighted by atomic mass is 10.1. The van der Waals surface area contributed by atoms with Gasteiger partial charge in [-0.05, 0) is 36.7 Å². The van der Waals surface area contributed by atoms with Gasteiger partial charge in [-0.3, -0.25) is 0 Å². The first-order valence-electron chi connectivity index (χ1n) is 5.65. The summed E-state index contributed by atoms with van der Waals surface area (Å²) in [6, 6.07) is 8.19. The van der Waals surface area contributed by atoms with Gasteiger partial charge >= 0.3 is 0 Å². The van der Waals surface area contributed by atoms with E-state index in [0.717, 1.165) is 22.6 Å². The molecule has 0 spiro atoms. The molecule has 3 nitrogen and oxygen atoms in total. The number of aryl methyl sites for hydroxylation is 1. The van der Waals surface area contributed by atoms with E-state index < -0.39 is 0 Å². The third-order valence-electron chi connectivity index (χ3n) is 2.55. The molecule has 0 aliphatic rings. The van der Waals surface area contributed by atoms with Crippen LogP contribution in [-0.2, 0) is 0 Å². The Morgan fingerprint density at radius 2 is 2.18 bits per heavy atom. The summed E-state index contributed by atoms with van der Waals surface area (Å²) < 4.78 is 5.35. The minimum Gasteiger partial charge on any atom is -0.439 e. The van der Waals surface area contributed by atoms with Crippen LogP contribution < -0.4 is 5.73 Å². The topological polar surface area (TPSA) is 52.0 Å². The molecule has 0 amide bonds. The van der Waals surface area contributed by atoms with E-state index >= 15 is 0 Å². The Bertz CT molecular complexity index is 496. The maximum atomic E-state index is 6.09. The van der Waals surface area contributed by atoms with Gasteiger partial charge in [-0.15, -0.1) is 0 Å². The Morgan fingerprint density at radius 1 is 1.41 bits per heavy atom. The van der Waals surface area contributed by atoms with E-state index in [0.29, 0.717) is 5.22 Å². The number of nitrogens with two attached hydrogens (primary N) is 1. The van der Waals surface area contributed by atoms with Crippen molar-refractivity contribution in [3.63, 3.8) is 0 Å². The van der Waals surface area contributed by atoms with Crippen LogP contribution in [0.1, 0.15) is 30.6 Å². The lowest BCUT2D eigenvalue weighted by Gasteiger charge is -2.12. The second-order valence-electron chi connectivity index (χ2n) is 3.91. The predicted octanol–water partition coefficient (Wildman–Crippen LogP) is 3.54. The monoisotopic (exact) mass is 248 g/mol. The van der Waals surface area contributed by atoms with E-state index in [1.54, 1.807) is 6.26 Å². The van der Waals surface area contributed by atoms with Crippen LogP contribution in [0, 0.1) is 6.92 Å². The summed E-state index contributed by atoms with van der Waals surface area (Å²) in [4.78, 5) is 5.40. The van der Waals surface area contributed by atoms with Gasteiger partial charge in [0, 0.05) is 10.9 Å². The first-order chi connectivity index (χ1) is 8.20. The molecular weight excluding hydrogens is 232 g/mol. The first-order valence-corrected chi connectivity index (χ1v) is 6.47. The number of hydrogen-bond donors (Lipinski definition) is 1. The highest BCUT2D eigenvalue weighted by Crippen LogP contribution is 2.32. The molecule has 0 aliphatic carbocycles. The molecule has 0 saturated heterocycles. The van der Waals surface area contributed by atoms with Crippen molar-refractivity contribution in [2.45, 2.75) is 36.4 Å². The minimum atomic E-state index is 0.0646. The molecule has 0 saturated carbocycles. The molecule has 1 aromatic carbocycles. The molecule has 1 aromatic heterocycles. The molecule has 1 heterocycles. The summed E-state index contributed by atoms with van der Waals surface area (Å²) in [6.07, 6.45) is 2.58. The van der Waals surface area contributed by atoms with Crippen molar-refractivity contribution in [1.29, 1.82) is 0 Å². The zero-order chi connectivity index (χ0) is 12.3. The van der Waals surface area contributed by atoms with Crippen molar-refractivity contribution in [2.24, 2.45) is 5.73 Å². The smallest absolute Gasteiger partial charge is 0.260 e. The second kappa shape index (κ2) is 5.38. The van der Waals surface area contributed by atoms with Crippen LogP contribution in [0.4, 0.5) is 0 Å². The number of benzene rings is 1. The minimum absolute atomic E-state index is 0.0646. The third-order valence-corrected chi connectivity index (χ3v) is 3.51. The van der Waals surface area contributed by atoms with Crippen molar-refractivity contribution < 1.29 is 4.42 Å². The molecule has 2 rings (SSSR count). The molecule has 2 N–H and O–H groups in total. The van der Waals surface area contributed by atoms with E-state index in [2.05, 4.69) is 24.0 Å². The van der Waals surface area contributed by atoms with Crippen molar-refractivity contribution >= 4 is 11.8 Å². The number of oxazole rings is 1. The SMILES string of the molecule is CC[C@H](N)c1ccccc1Sc1nc(C)co1. The van der Waals surface area contributed by atoms with E-state index in [-0.39, 0.29) is 6.04 Å². The lowest BCUT2D eigenvalue weighted by Crippen LogP contribution is -2.09. The van der Waals surface area contributed by atoms with Crippen molar-refractivity contribution in [2.75, 3.05) is 0 Å². The molecule has 17 heavy (non-hydrogen) atoms. The van der Waals surface area contributed by atoms with Crippen molar-refractivity contribution in [3.05, 3.63) is 41.8 Å². The van der Waals surface area contributed by atoms with Crippen LogP contribution in [0.25, 0.3) is 0 Å². The number of hydrogen-bond acceptors (Lipinski definition) is 4. The van der Waals surface area contributed by atoms with Crippen LogP contribution in [0.15, 0.2) is 45.1 Å². The van der Waals surface area contributed by atoms with Gasteiger partial charge in [-0.25, -0.2) is 4.98 Å². The molecular formula is C13H16N2OS. The largest absolute Gasteiger partial charge is 0.439 e. The average molecular weight is 248 g/mol. The Balaban J connectivity index is 2.26. The summed E-state index contributed by atoms with van der Waals surface area (Å²) in [5, 5.41) is 0.665. The molecule has 4 heteroatoms. The van der Waals surface area contributed by atoms with E-state index in [4.69, 9.17) is 10.2 Å². The van der Waals surface area contributed by atoms with Crippen LogP contribution in [0.3, 0.4) is 0 Å². The fourth-order valence-corrected chi connectivity index (χ4v) is 2.53. The summed E-state index contributed by atoms with van der Waals surface area (Å²) in [7, 11) is 0. The van der Waals surface area contributed by atoms with E-state index in [1.807, 2.05) is 19.1 Å². The maximum Gasteiger partial charge on any atom is 0.260 e. The molecule has 0 aliphatic heterocycles. The molecule has 0 fully saturated rings. The predicted molar refractivity (Wildman–Crippen MR) is 69.0 cm³/mol. The van der Waals surface area contributed by atoms with Crippen molar-refractivity contribution in [3.8, 4) is 0 Å². The first kappa shape index (κ1) is 12.2. The van der Waals surface area contributed by atoms with Gasteiger partial charge in [0.25, 0.3) is 5.22 Å². The Labute approximate surface area is 105 Å². The summed E-state index contributed by atoms with van der Waals surface area (Å²) in [5.41, 5.74) is 8.13. The van der Waals surface area contributed by atoms with E-state index in [1.165, 1.54) is 11.8 Å². The highest BCUT2D eigenvalue weighted by Gasteiger charge is 2.12. The summed E-state index contributed by atoms with van der Waals surface area (Å²) >= 11 is 1.52. The summed E-state index contributed by atoms with van der Waals surface area (Å²) in [5.74, 6) is 0. The Kier molecular flexibility index (Phi) is 3.86. The van der Waals surface area contributed by atoms with Crippen LogP contribution in [-0.4, -0.2) is 4.98 Å². The molecule has 90 valence electrons. The van der Waals surface area contributed by atoms with Crippen molar-refractivity contribution in [1.82, 2.24) is 4.98 Å². The fourth-order valence-electron chi connectivity index (χ4n) is 1.57. The van der Waals surface area contributed by atoms with Gasteiger partial charge in [0.05, 0.1) is 5.69 Å². The average Bonchev–Trinajstić information content (AvgIpc) is 2.74. The molecule has 1 atom stereocenters. The van der Waals surface area contributed by atoms with Crippen LogP contribution in [0.2, 0.25) is 0 Å². The zero-order valence-corrected chi connectivity index (χ0v) is 10.8. The van der Waals surface area contributed by atoms with Gasteiger partial charge in [0.15, 0.2) is 0 Å². The van der Waals surface area contributed by atoms with Gasteiger partial charge in [0.1, 0.15) is 6.26 Å². The number of nitrogens with zero attached hydrogens (tertiary/aromatic N) is 1. The second-order valence-corrected chi connectivity index (χ2v) is 4.90. The van der Waals surface area contributed by atoms with Gasteiger partial charge in [0.2, 0.25) is 0 Å². The maximum absolute atomic E-state index is 6.09.